The van der Waals surface area contributed by atoms with Crippen LogP contribution in [0.15, 0.2) is 36.5 Å². The summed E-state index contributed by atoms with van der Waals surface area (Å²) in [5.74, 6) is -0.480. The van der Waals surface area contributed by atoms with Crippen molar-refractivity contribution in [3.05, 3.63) is 53.6 Å². The highest BCUT2D eigenvalue weighted by atomic mass is 32.2. The van der Waals surface area contributed by atoms with Crippen LogP contribution in [0.3, 0.4) is 0 Å². The lowest BCUT2D eigenvalue weighted by atomic mass is 10.1. The number of carbonyl (C=O) groups is 1. The van der Waals surface area contributed by atoms with Crippen LogP contribution >= 0.6 is 0 Å². The van der Waals surface area contributed by atoms with Gasteiger partial charge in [0.2, 0.25) is 6.41 Å². The summed E-state index contributed by atoms with van der Waals surface area (Å²) in [4.78, 5) is 17.9. The minimum Gasteiger partial charge on any atom is -0.383 e. The molecule has 1 aromatic carbocycles. The summed E-state index contributed by atoms with van der Waals surface area (Å²) in [5.41, 5.74) is 4.68. The van der Waals surface area contributed by atoms with Crippen LogP contribution in [0.4, 0.5) is 15.8 Å². The lowest BCUT2D eigenvalue weighted by Gasteiger charge is -2.43. The molecule has 2 aromatic rings. The summed E-state index contributed by atoms with van der Waals surface area (Å²) in [6.45, 7) is 4.61. The Kier molecular flexibility index (Phi) is 7.97. The molecule has 2 aliphatic rings. The second kappa shape index (κ2) is 11.0. The molecule has 0 unspecified atom stereocenters. The first-order valence-corrected chi connectivity index (χ1v) is 12.9. The summed E-state index contributed by atoms with van der Waals surface area (Å²) in [7, 11) is -1.91. The van der Waals surface area contributed by atoms with Crippen molar-refractivity contribution in [3.63, 3.8) is 0 Å². The third-order valence-electron chi connectivity index (χ3n) is 6.37. The highest BCUT2D eigenvalue weighted by Gasteiger charge is 2.38. The highest BCUT2D eigenvalue weighted by Crippen LogP contribution is 2.25. The topological polar surface area (TPSA) is 98.3 Å². The van der Waals surface area contributed by atoms with Crippen LogP contribution in [0.25, 0.3) is 0 Å². The number of piperazine rings is 1. The van der Waals surface area contributed by atoms with E-state index in [0.29, 0.717) is 50.4 Å². The van der Waals surface area contributed by atoms with Crippen molar-refractivity contribution in [2.24, 2.45) is 0 Å². The molecular formula is C23H31FN6O4S. The van der Waals surface area contributed by atoms with E-state index >= 15 is 4.39 Å². The lowest BCUT2D eigenvalue weighted by Crippen LogP contribution is -2.60. The number of nitrogens with zero attached hydrogens (tertiary/aromatic N) is 5. The first-order valence-electron chi connectivity index (χ1n) is 11.5. The van der Waals surface area contributed by atoms with Gasteiger partial charge in [0.25, 0.3) is 10.2 Å². The molecule has 1 amide bonds. The summed E-state index contributed by atoms with van der Waals surface area (Å²) in [6, 6.07) is 8.22. The van der Waals surface area contributed by atoms with Gasteiger partial charge in [-0.05, 0) is 31.5 Å². The van der Waals surface area contributed by atoms with E-state index in [1.165, 1.54) is 19.8 Å². The van der Waals surface area contributed by atoms with E-state index in [-0.39, 0.29) is 24.8 Å². The SMILES string of the molecule is COC[C@H]1CN(S(=O)(=O)N2CCC2)CCN1Cc1cccc(NN(C=O)c2ccc(C)nc2)c1F. The number of hydrogen-bond donors (Lipinski definition) is 1. The molecule has 0 spiro atoms. The van der Waals surface area contributed by atoms with Gasteiger partial charge in [0.15, 0.2) is 5.82 Å². The molecule has 2 saturated heterocycles. The highest BCUT2D eigenvalue weighted by molar-refractivity contribution is 7.86. The minimum atomic E-state index is -3.48. The van der Waals surface area contributed by atoms with E-state index < -0.39 is 16.0 Å². The number of nitrogens with one attached hydrogen (secondary N) is 1. The first kappa shape index (κ1) is 25.5. The zero-order chi connectivity index (χ0) is 25.0. The van der Waals surface area contributed by atoms with E-state index in [2.05, 4.69) is 10.4 Å². The van der Waals surface area contributed by atoms with E-state index in [1.807, 2.05) is 11.8 Å². The largest absolute Gasteiger partial charge is 0.383 e. The molecule has 0 radical (unpaired) electrons. The van der Waals surface area contributed by atoms with Crippen LogP contribution in [0.5, 0.6) is 0 Å². The van der Waals surface area contributed by atoms with Gasteiger partial charge in [-0.3, -0.25) is 20.1 Å². The zero-order valence-corrected chi connectivity index (χ0v) is 20.7. The summed E-state index contributed by atoms with van der Waals surface area (Å²) in [5, 5.41) is 1.17. The number of pyridine rings is 1. The van der Waals surface area contributed by atoms with E-state index in [0.717, 1.165) is 12.1 Å². The Morgan fingerprint density at radius 3 is 2.63 bits per heavy atom. The number of ether oxygens (including phenoxy) is 1. The fourth-order valence-corrected chi connectivity index (χ4v) is 5.92. The van der Waals surface area contributed by atoms with Crippen molar-refractivity contribution in [3.8, 4) is 0 Å². The molecule has 2 aliphatic heterocycles. The second-order valence-corrected chi connectivity index (χ2v) is 10.7. The van der Waals surface area contributed by atoms with Crippen molar-refractivity contribution < 1.29 is 22.3 Å². The predicted octanol–water partition coefficient (Wildman–Crippen LogP) is 1.60. The number of carbonyl (C=O) groups excluding carboxylic acids is 1. The Morgan fingerprint density at radius 1 is 1.20 bits per heavy atom. The number of amides is 1. The number of rotatable bonds is 10. The molecule has 1 aromatic heterocycles. The molecular weight excluding hydrogens is 475 g/mol. The van der Waals surface area contributed by atoms with E-state index in [4.69, 9.17) is 4.74 Å². The third-order valence-corrected chi connectivity index (χ3v) is 8.37. The number of hydrogen-bond acceptors (Lipinski definition) is 7. The Bertz CT molecular complexity index is 1130. The summed E-state index contributed by atoms with van der Waals surface area (Å²) >= 11 is 0. The average Bonchev–Trinajstić information content (AvgIpc) is 2.80. The molecule has 2 fully saturated rings. The van der Waals surface area contributed by atoms with Crippen molar-refractivity contribution in [1.82, 2.24) is 18.5 Å². The van der Waals surface area contributed by atoms with Gasteiger partial charge in [-0.25, -0.2) is 9.40 Å². The Balaban J connectivity index is 1.48. The number of hydrazine groups is 1. The number of anilines is 2. The van der Waals surface area contributed by atoms with Crippen LogP contribution in [0, 0.1) is 12.7 Å². The van der Waals surface area contributed by atoms with Gasteiger partial charge in [-0.15, -0.1) is 0 Å². The van der Waals surface area contributed by atoms with Gasteiger partial charge in [-0.2, -0.15) is 17.0 Å². The molecule has 4 rings (SSSR count). The maximum absolute atomic E-state index is 15.5. The Morgan fingerprint density at radius 2 is 2.00 bits per heavy atom. The molecule has 0 saturated carbocycles. The fraction of sp³-hybridized carbons (Fsp3) is 0.478. The van der Waals surface area contributed by atoms with Gasteiger partial charge in [0.1, 0.15) is 0 Å². The van der Waals surface area contributed by atoms with Gasteiger partial charge in [0, 0.05) is 63.7 Å². The molecule has 35 heavy (non-hydrogen) atoms. The molecule has 3 heterocycles. The zero-order valence-electron chi connectivity index (χ0n) is 19.9. The van der Waals surface area contributed by atoms with Crippen molar-refractivity contribution in [1.29, 1.82) is 0 Å². The van der Waals surface area contributed by atoms with Crippen molar-refractivity contribution in [2.75, 3.05) is 56.9 Å². The normalized spacial score (nSPS) is 19.8. The van der Waals surface area contributed by atoms with E-state index in [1.54, 1.807) is 37.4 Å². The lowest BCUT2D eigenvalue weighted by molar-refractivity contribution is -0.107. The Hall–Kier alpha value is -2.64. The number of methoxy groups -OCH3 is 1. The van der Waals surface area contributed by atoms with Gasteiger partial charge in [0.05, 0.1) is 24.2 Å². The molecule has 1 N–H and O–H groups in total. The smallest absolute Gasteiger partial charge is 0.282 e. The standard InChI is InChI=1S/C23H31FN6O4S/c1-18-7-8-20(13-25-18)30(17-31)26-22-6-3-5-19(23(22)24)14-27-11-12-29(15-21(27)16-34-2)35(32,33)28-9-4-10-28/h3,5-8,13,17,21,26H,4,9-12,14-16H2,1-2H3/t21-/m1/s1. The van der Waals surface area contributed by atoms with Gasteiger partial charge in [-0.1, -0.05) is 12.1 Å². The maximum atomic E-state index is 15.5. The second-order valence-electron chi connectivity index (χ2n) is 8.72. The number of halogens is 1. The average molecular weight is 507 g/mol. The van der Waals surface area contributed by atoms with Crippen LogP contribution in [0.1, 0.15) is 17.7 Å². The quantitative estimate of drug-likeness (QED) is 0.386. The summed E-state index contributed by atoms with van der Waals surface area (Å²) in [6.07, 6.45) is 2.97. The summed E-state index contributed by atoms with van der Waals surface area (Å²) < 4.78 is 49.5. The van der Waals surface area contributed by atoms with Crippen LogP contribution in [0.2, 0.25) is 0 Å². The van der Waals surface area contributed by atoms with E-state index in [9.17, 15) is 13.2 Å². The minimum absolute atomic E-state index is 0.150. The molecule has 1 atom stereocenters. The molecule has 12 heteroatoms. The van der Waals surface area contributed by atoms with Crippen molar-refractivity contribution >= 4 is 28.0 Å². The molecule has 0 bridgehead atoms. The first-order chi connectivity index (χ1) is 16.8. The maximum Gasteiger partial charge on any atom is 0.282 e. The predicted molar refractivity (Wildman–Crippen MR) is 130 cm³/mol. The van der Waals surface area contributed by atoms with Crippen LogP contribution in [-0.2, 0) is 26.3 Å². The molecule has 190 valence electrons. The van der Waals surface area contributed by atoms with Gasteiger partial charge >= 0.3 is 0 Å². The number of aryl methyl sites for hydroxylation is 1. The number of benzene rings is 1. The van der Waals surface area contributed by atoms with Crippen LogP contribution < -0.4 is 10.4 Å². The van der Waals surface area contributed by atoms with Crippen molar-refractivity contribution in [2.45, 2.75) is 25.9 Å². The van der Waals surface area contributed by atoms with Crippen LogP contribution in [-0.4, -0.2) is 85.8 Å². The van der Waals surface area contributed by atoms with Gasteiger partial charge < -0.3 is 4.74 Å². The fourth-order valence-electron chi connectivity index (χ4n) is 4.20. The number of aromatic nitrogens is 1. The molecule has 0 aliphatic carbocycles. The third kappa shape index (κ3) is 5.62. The monoisotopic (exact) mass is 506 g/mol. The molecule has 10 nitrogen and oxygen atoms in total. The Labute approximate surface area is 205 Å².